The van der Waals surface area contributed by atoms with E-state index in [-0.39, 0.29) is 23.1 Å². The molecule has 0 amide bonds. The van der Waals surface area contributed by atoms with Gasteiger partial charge in [-0.2, -0.15) is 0 Å². The summed E-state index contributed by atoms with van der Waals surface area (Å²) in [6.07, 6.45) is 1.87. The van der Waals surface area contributed by atoms with Gasteiger partial charge in [-0.1, -0.05) is 43.6 Å². The molecule has 0 unspecified atom stereocenters. The minimum absolute atomic E-state index is 0.0338. The van der Waals surface area contributed by atoms with Crippen molar-refractivity contribution in [3.05, 3.63) is 65.3 Å². The Morgan fingerprint density at radius 3 is 2.42 bits per heavy atom. The Kier molecular flexibility index (Phi) is 7.18. The molecule has 3 aromatic rings. The average molecular weight is 464 g/mol. The van der Waals surface area contributed by atoms with E-state index in [2.05, 4.69) is 4.72 Å². The summed E-state index contributed by atoms with van der Waals surface area (Å²) < 4.78 is 29.4. The molecule has 3 rings (SSSR count). The third-order valence-corrected chi connectivity index (χ3v) is 6.96. The van der Waals surface area contributed by atoms with Gasteiger partial charge < -0.3 is 10.8 Å². The number of hydrogen-bond acceptors (Lipinski definition) is 5. The fraction of sp³-hybridized carbons (Fsp3) is 0.318. The molecule has 1 heterocycles. The Morgan fingerprint density at radius 2 is 1.81 bits per heavy atom. The van der Waals surface area contributed by atoms with Crippen molar-refractivity contribution in [1.29, 1.82) is 0 Å². The molecule has 4 N–H and O–H groups in total. The van der Waals surface area contributed by atoms with Crippen LogP contribution in [0.5, 0.6) is 0 Å². The fourth-order valence-electron chi connectivity index (χ4n) is 3.35. The number of aliphatic hydroxyl groups is 1. The first-order valence-electron chi connectivity index (χ1n) is 9.91. The predicted molar refractivity (Wildman–Crippen MR) is 122 cm³/mol. The number of sulfonamides is 1. The molecule has 0 bridgehead atoms. The van der Waals surface area contributed by atoms with Gasteiger partial charge in [-0.15, -0.1) is 0 Å². The molecule has 0 fully saturated rings. The van der Waals surface area contributed by atoms with Gasteiger partial charge in [-0.25, -0.2) is 13.1 Å². The van der Waals surface area contributed by atoms with Gasteiger partial charge in [0, 0.05) is 22.6 Å². The molecule has 2 atom stereocenters. The zero-order chi connectivity index (χ0) is 22.8. The molecule has 31 heavy (non-hydrogen) atoms. The average Bonchev–Trinajstić information content (AvgIpc) is 3.10. The Balaban J connectivity index is 1.91. The van der Waals surface area contributed by atoms with Crippen LogP contribution in [-0.4, -0.2) is 42.7 Å². The fourth-order valence-corrected chi connectivity index (χ4v) is 4.70. The van der Waals surface area contributed by atoms with Gasteiger partial charge in [-0.05, 0) is 48.2 Å². The van der Waals surface area contributed by atoms with Crippen molar-refractivity contribution in [1.82, 2.24) is 9.29 Å². The summed E-state index contributed by atoms with van der Waals surface area (Å²) in [6, 6.07) is 11.7. The van der Waals surface area contributed by atoms with Gasteiger partial charge in [0.05, 0.1) is 23.1 Å². The number of para-hydroxylation sites is 1. The molecule has 0 aliphatic rings. The number of rotatable bonds is 8. The second kappa shape index (κ2) is 9.50. The Bertz CT molecular complexity index is 1170. The van der Waals surface area contributed by atoms with Crippen LogP contribution < -0.4 is 10.5 Å². The van der Waals surface area contributed by atoms with Crippen molar-refractivity contribution in [3.8, 4) is 0 Å². The molecule has 7 nitrogen and oxygen atoms in total. The molecule has 0 saturated heterocycles. The lowest BCUT2D eigenvalue weighted by Crippen LogP contribution is -2.39. The molecule has 166 valence electrons. The lowest BCUT2D eigenvalue weighted by Gasteiger charge is -2.16. The largest absolute Gasteiger partial charge is 0.395 e. The molecule has 0 aliphatic carbocycles. The first-order valence-corrected chi connectivity index (χ1v) is 11.8. The molecular weight excluding hydrogens is 438 g/mol. The van der Waals surface area contributed by atoms with Crippen molar-refractivity contribution in [2.75, 3.05) is 6.61 Å². The van der Waals surface area contributed by atoms with Crippen LogP contribution in [0, 0.1) is 5.92 Å². The van der Waals surface area contributed by atoms with E-state index in [0.717, 1.165) is 10.9 Å². The monoisotopic (exact) mass is 463 g/mol. The Morgan fingerprint density at radius 1 is 1.16 bits per heavy atom. The third-order valence-electron chi connectivity index (χ3n) is 5.17. The van der Waals surface area contributed by atoms with Gasteiger partial charge in [-0.3, -0.25) is 9.36 Å². The number of fused-ring (bicyclic) bond motifs is 1. The van der Waals surface area contributed by atoms with E-state index >= 15 is 0 Å². The standard InChI is InChI=1S/C22H26ClN3O4S/c1-14(2)21(24)22(28)26-12-15(19-5-3-4-6-20(19)26)11-17(13-27)25-31(29,30)18-9-7-16(23)8-10-18/h3-10,12,14,17,21,25,27H,11,13,24H2,1-2H3/t17-,21-/m0/s1. The highest BCUT2D eigenvalue weighted by molar-refractivity contribution is 7.89. The van der Waals surface area contributed by atoms with E-state index in [1.165, 1.54) is 28.8 Å². The summed E-state index contributed by atoms with van der Waals surface area (Å²) in [4.78, 5) is 12.9. The maximum atomic E-state index is 12.9. The number of carbonyl (C=O) groups is 1. The summed E-state index contributed by atoms with van der Waals surface area (Å²) in [5, 5.41) is 11.1. The minimum atomic E-state index is -3.86. The van der Waals surface area contributed by atoms with E-state index in [4.69, 9.17) is 17.3 Å². The SMILES string of the molecule is CC(C)[C@H](N)C(=O)n1cc(C[C@@H](CO)NS(=O)(=O)c2ccc(Cl)cc2)c2ccccc21. The highest BCUT2D eigenvalue weighted by Gasteiger charge is 2.24. The smallest absolute Gasteiger partial charge is 0.248 e. The number of aromatic nitrogens is 1. The lowest BCUT2D eigenvalue weighted by molar-refractivity contribution is 0.0862. The molecule has 1 aromatic heterocycles. The molecule has 9 heteroatoms. The van der Waals surface area contributed by atoms with Crippen LogP contribution in [0.4, 0.5) is 0 Å². The number of benzene rings is 2. The summed E-state index contributed by atoms with van der Waals surface area (Å²) in [7, 11) is -3.86. The third kappa shape index (κ3) is 5.16. The van der Waals surface area contributed by atoms with Gasteiger partial charge in [0.15, 0.2) is 0 Å². The normalized spacial score (nSPS) is 14.1. The van der Waals surface area contributed by atoms with E-state index in [9.17, 15) is 18.3 Å². The van der Waals surface area contributed by atoms with Crippen molar-refractivity contribution >= 4 is 38.4 Å². The Hall–Kier alpha value is -2.23. The van der Waals surface area contributed by atoms with Crippen molar-refractivity contribution in [3.63, 3.8) is 0 Å². The van der Waals surface area contributed by atoms with Gasteiger partial charge in [0.1, 0.15) is 0 Å². The topological polar surface area (TPSA) is 114 Å². The number of nitrogens with zero attached hydrogens (tertiary/aromatic N) is 1. The number of aliphatic hydroxyl groups excluding tert-OH is 1. The number of nitrogens with one attached hydrogen (secondary N) is 1. The van der Waals surface area contributed by atoms with E-state index in [1.807, 2.05) is 38.1 Å². The summed E-state index contributed by atoms with van der Waals surface area (Å²) in [6.45, 7) is 3.34. The first-order chi connectivity index (χ1) is 14.6. The van der Waals surface area contributed by atoms with E-state index in [0.29, 0.717) is 10.5 Å². The summed E-state index contributed by atoms with van der Waals surface area (Å²) >= 11 is 5.83. The number of halogens is 1. The first kappa shape index (κ1) is 23.4. The van der Waals surface area contributed by atoms with Crippen LogP contribution >= 0.6 is 11.6 Å². The van der Waals surface area contributed by atoms with Crippen molar-refractivity contribution in [2.45, 2.75) is 37.2 Å². The van der Waals surface area contributed by atoms with Crippen LogP contribution in [0.3, 0.4) is 0 Å². The van der Waals surface area contributed by atoms with Crippen LogP contribution in [0.15, 0.2) is 59.6 Å². The van der Waals surface area contributed by atoms with Gasteiger partial charge >= 0.3 is 0 Å². The highest BCUT2D eigenvalue weighted by atomic mass is 35.5. The summed E-state index contributed by atoms with van der Waals surface area (Å²) in [5.41, 5.74) is 7.49. The van der Waals surface area contributed by atoms with Crippen LogP contribution in [0.2, 0.25) is 5.02 Å². The van der Waals surface area contributed by atoms with E-state index in [1.54, 1.807) is 6.20 Å². The van der Waals surface area contributed by atoms with Crippen LogP contribution in [0.25, 0.3) is 10.9 Å². The zero-order valence-corrected chi connectivity index (χ0v) is 18.9. The number of hydrogen-bond donors (Lipinski definition) is 3. The Labute approximate surface area is 186 Å². The molecule has 2 aromatic carbocycles. The minimum Gasteiger partial charge on any atom is -0.395 e. The van der Waals surface area contributed by atoms with Crippen LogP contribution in [-0.2, 0) is 16.4 Å². The zero-order valence-electron chi connectivity index (χ0n) is 17.3. The second-order valence-electron chi connectivity index (χ2n) is 7.81. The lowest BCUT2D eigenvalue weighted by atomic mass is 10.0. The molecule has 0 radical (unpaired) electrons. The van der Waals surface area contributed by atoms with Crippen molar-refractivity contribution in [2.24, 2.45) is 11.7 Å². The number of nitrogens with two attached hydrogens (primary N) is 1. The van der Waals surface area contributed by atoms with Crippen LogP contribution in [0.1, 0.15) is 24.2 Å². The van der Waals surface area contributed by atoms with Crippen molar-refractivity contribution < 1.29 is 18.3 Å². The molecular formula is C22H26ClN3O4S. The highest BCUT2D eigenvalue weighted by Crippen LogP contribution is 2.24. The summed E-state index contributed by atoms with van der Waals surface area (Å²) in [5.74, 6) is -0.270. The van der Waals surface area contributed by atoms with Gasteiger partial charge in [0.25, 0.3) is 0 Å². The second-order valence-corrected chi connectivity index (χ2v) is 9.96. The maximum absolute atomic E-state index is 12.9. The molecule has 0 aliphatic heterocycles. The quantitative estimate of drug-likeness (QED) is 0.475. The van der Waals surface area contributed by atoms with Gasteiger partial charge in [0.2, 0.25) is 15.9 Å². The van der Waals surface area contributed by atoms with E-state index < -0.39 is 28.7 Å². The molecule has 0 saturated carbocycles. The molecule has 0 spiro atoms. The maximum Gasteiger partial charge on any atom is 0.248 e. The predicted octanol–water partition coefficient (Wildman–Crippen LogP) is 2.80. The number of carbonyl (C=O) groups excluding carboxylic acids is 1.